The number of carboxylic acid groups (broad SMARTS) is 2. The predicted molar refractivity (Wildman–Crippen MR) is 33.5 cm³/mol. The summed E-state index contributed by atoms with van der Waals surface area (Å²) in [5, 5.41) is 16.3. The van der Waals surface area contributed by atoms with Crippen LogP contribution in [0.4, 0.5) is 0 Å². The molecule has 6 heteroatoms. The lowest BCUT2D eigenvalue weighted by molar-refractivity contribution is -0.144. The van der Waals surface area contributed by atoms with E-state index in [1.54, 1.807) is 0 Å². The van der Waals surface area contributed by atoms with Gasteiger partial charge in [0.15, 0.2) is 6.04 Å². The minimum absolute atomic E-state index is 0.557. The van der Waals surface area contributed by atoms with Crippen molar-refractivity contribution < 1.29 is 19.8 Å². The zero-order chi connectivity index (χ0) is 8.15. The maximum atomic E-state index is 10.0. The Bertz CT molecular complexity index is 169. The SMILES string of the molecule is O=C(O)C[C@H](N=S)C(=O)O. The Morgan fingerprint density at radius 3 is 2.10 bits per heavy atom. The first-order valence-electron chi connectivity index (χ1n) is 2.35. The third-order valence-corrected chi connectivity index (χ3v) is 1.03. The van der Waals surface area contributed by atoms with Gasteiger partial charge in [-0.25, -0.2) is 9.16 Å². The zero-order valence-corrected chi connectivity index (χ0v) is 5.67. The first-order chi connectivity index (χ1) is 4.57. The Hall–Kier alpha value is -1.04. The number of aliphatic carboxylic acids is 2. The van der Waals surface area contributed by atoms with E-state index in [4.69, 9.17) is 10.2 Å². The highest BCUT2D eigenvalue weighted by Gasteiger charge is 2.18. The van der Waals surface area contributed by atoms with Gasteiger partial charge in [-0.2, -0.15) is 0 Å². The first-order valence-corrected chi connectivity index (χ1v) is 2.71. The van der Waals surface area contributed by atoms with Crippen molar-refractivity contribution in [3.8, 4) is 0 Å². The smallest absolute Gasteiger partial charge is 0.330 e. The van der Waals surface area contributed by atoms with E-state index in [1.165, 1.54) is 0 Å². The summed E-state index contributed by atoms with van der Waals surface area (Å²) in [6.45, 7) is 0. The van der Waals surface area contributed by atoms with Gasteiger partial charge >= 0.3 is 11.9 Å². The molecule has 0 fully saturated rings. The first kappa shape index (κ1) is 8.96. The second kappa shape index (κ2) is 3.89. The van der Waals surface area contributed by atoms with Crippen molar-refractivity contribution in [3.63, 3.8) is 0 Å². The highest BCUT2D eigenvalue weighted by Crippen LogP contribution is 1.96. The molecule has 0 radical (unpaired) electrons. The van der Waals surface area contributed by atoms with Crippen molar-refractivity contribution in [3.05, 3.63) is 0 Å². The average molecular weight is 163 g/mol. The molecule has 0 aromatic rings. The molecule has 0 bridgehead atoms. The summed E-state index contributed by atoms with van der Waals surface area (Å²) in [5.41, 5.74) is 0. The van der Waals surface area contributed by atoms with E-state index in [2.05, 4.69) is 16.8 Å². The molecule has 0 saturated heterocycles. The van der Waals surface area contributed by atoms with Crippen molar-refractivity contribution >= 4 is 24.4 Å². The van der Waals surface area contributed by atoms with E-state index in [0.29, 0.717) is 0 Å². The van der Waals surface area contributed by atoms with Crippen LogP contribution in [-0.2, 0) is 22.0 Å². The maximum absolute atomic E-state index is 10.0. The molecule has 0 heterocycles. The van der Waals surface area contributed by atoms with Gasteiger partial charge in [0.05, 0.1) is 6.42 Å². The number of nitrogens with zero attached hydrogens (tertiary/aromatic N) is 1. The molecule has 1 atom stereocenters. The van der Waals surface area contributed by atoms with E-state index >= 15 is 0 Å². The predicted octanol–water partition coefficient (Wildman–Crippen LogP) is -0.355. The standard InChI is InChI=1S/C4H5NO4S/c6-3(7)1-2(5-10)4(8)9/h2H,1H2,(H,6,7)(H,8,9)/t2-/m0/s1. The molecule has 0 aliphatic carbocycles. The fourth-order valence-electron chi connectivity index (χ4n) is 0.335. The summed E-state index contributed by atoms with van der Waals surface area (Å²) in [6, 6.07) is -1.30. The van der Waals surface area contributed by atoms with E-state index in [0.717, 1.165) is 0 Å². The second-order valence-corrected chi connectivity index (χ2v) is 1.77. The Kier molecular flexibility index (Phi) is 3.48. The van der Waals surface area contributed by atoms with Crippen LogP contribution in [-0.4, -0.2) is 28.2 Å². The molecule has 0 spiro atoms. The van der Waals surface area contributed by atoms with Crippen molar-refractivity contribution in [2.75, 3.05) is 0 Å². The average Bonchev–Trinajstić information content (AvgIpc) is 1.81. The summed E-state index contributed by atoms with van der Waals surface area (Å²) in [7, 11) is 0. The van der Waals surface area contributed by atoms with Crippen molar-refractivity contribution in [1.82, 2.24) is 0 Å². The number of rotatable bonds is 4. The van der Waals surface area contributed by atoms with E-state index in [-0.39, 0.29) is 0 Å². The molecular formula is C4H5NO4S. The third-order valence-electron chi connectivity index (χ3n) is 0.780. The molecule has 2 N–H and O–H groups in total. The highest BCUT2D eigenvalue weighted by molar-refractivity contribution is 7.47. The van der Waals surface area contributed by atoms with Gasteiger partial charge in [0.2, 0.25) is 0 Å². The van der Waals surface area contributed by atoms with E-state index in [9.17, 15) is 9.59 Å². The van der Waals surface area contributed by atoms with Crippen LogP contribution in [0.25, 0.3) is 0 Å². The molecule has 56 valence electrons. The monoisotopic (exact) mass is 163 g/mol. The van der Waals surface area contributed by atoms with Gasteiger partial charge in [-0.1, -0.05) is 0 Å². The second-order valence-electron chi connectivity index (χ2n) is 1.56. The summed E-state index contributed by atoms with van der Waals surface area (Å²) < 4.78 is 2.93. The molecule has 0 aliphatic heterocycles. The molecule has 0 aromatic heterocycles. The Balaban J connectivity index is 3.96. The van der Waals surface area contributed by atoms with Crippen LogP contribution in [0.1, 0.15) is 6.42 Å². The molecule has 0 saturated carbocycles. The number of hydrogen-bond donors (Lipinski definition) is 2. The van der Waals surface area contributed by atoms with Crippen LogP contribution in [0.5, 0.6) is 0 Å². The molecule has 0 amide bonds. The summed E-state index contributed by atoms with van der Waals surface area (Å²) >= 11 is 4.05. The van der Waals surface area contributed by atoms with Crippen molar-refractivity contribution in [2.24, 2.45) is 4.36 Å². The van der Waals surface area contributed by atoms with Crippen LogP contribution < -0.4 is 0 Å². The molecule has 0 rings (SSSR count). The van der Waals surface area contributed by atoms with Gasteiger partial charge in [0.1, 0.15) is 0 Å². The van der Waals surface area contributed by atoms with Gasteiger partial charge < -0.3 is 10.2 Å². The molecule has 0 aromatic carbocycles. The largest absolute Gasteiger partial charge is 0.481 e. The summed E-state index contributed by atoms with van der Waals surface area (Å²) in [4.78, 5) is 19.9. The van der Waals surface area contributed by atoms with Crippen LogP contribution in [0.15, 0.2) is 4.36 Å². The minimum atomic E-state index is -1.31. The lowest BCUT2D eigenvalue weighted by atomic mass is 10.2. The van der Waals surface area contributed by atoms with Crippen molar-refractivity contribution in [1.29, 1.82) is 0 Å². The quantitative estimate of drug-likeness (QED) is 0.591. The fourth-order valence-corrected chi connectivity index (χ4v) is 0.500. The maximum Gasteiger partial charge on any atom is 0.330 e. The van der Waals surface area contributed by atoms with Gasteiger partial charge in [0, 0.05) is 12.4 Å². The Morgan fingerprint density at radius 1 is 1.50 bits per heavy atom. The van der Waals surface area contributed by atoms with Gasteiger partial charge in [-0.3, -0.25) is 4.79 Å². The Morgan fingerprint density at radius 2 is 2.00 bits per heavy atom. The third kappa shape index (κ3) is 3.08. The Labute approximate surface area is 61.8 Å². The lowest BCUT2D eigenvalue weighted by Gasteiger charge is -1.98. The van der Waals surface area contributed by atoms with Gasteiger partial charge in [-0.15, -0.1) is 0 Å². The van der Waals surface area contributed by atoms with Crippen LogP contribution in [0, 0.1) is 0 Å². The molecule has 5 nitrogen and oxygen atoms in total. The lowest BCUT2D eigenvalue weighted by Crippen LogP contribution is -2.20. The highest BCUT2D eigenvalue weighted by atomic mass is 32.1. The minimum Gasteiger partial charge on any atom is -0.481 e. The van der Waals surface area contributed by atoms with Crippen LogP contribution in [0.3, 0.4) is 0 Å². The van der Waals surface area contributed by atoms with E-state index in [1.807, 2.05) is 0 Å². The van der Waals surface area contributed by atoms with Crippen LogP contribution in [0.2, 0.25) is 0 Å². The number of hydrogen-bond acceptors (Lipinski definition) is 4. The van der Waals surface area contributed by atoms with Gasteiger partial charge in [-0.05, 0) is 0 Å². The van der Waals surface area contributed by atoms with E-state index < -0.39 is 24.4 Å². The summed E-state index contributed by atoms with van der Waals surface area (Å²) in [6.07, 6.45) is -0.557. The van der Waals surface area contributed by atoms with Crippen molar-refractivity contribution in [2.45, 2.75) is 12.5 Å². The fraction of sp³-hybridized carbons (Fsp3) is 0.500. The molecule has 0 unspecified atom stereocenters. The summed E-state index contributed by atoms with van der Waals surface area (Å²) in [5.74, 6) is -2.53. The molecular weight excluding hydrogens is 158 g/mol. The zero-order valence-electron chi connectivity index (χ0n) is 4.85. The topological polar surface area (TPSA) is 87.0 Å². The molecule has 10 heavy (non-hydrogen) atoms. The molecule has 0 aliphatic rings. The number of carboxylic acids is 2. The van der Waals surface area contributed by atoms with Gasteiger partial charge in [0.25, 0.3) is 0 Å². The number of carbonyl (C=O) groups is 2. The normalized spacial score (nSPS) is 12.0. The van der Waals surface area contributed by atoms with Crippen LogP contribution >= 0.6 is 0 Å².